The van der Waals surface area contributed by atoms with Crippen LogP contribution in [0.1, 0.15) is 18.9 Å². The number of halogens is 2. The molecule has 0 aliphatic carbocycles. The quantitative estimate of drug-likeness (QED) is 0.904. The molecule has 4 heteroatoms. The van der Waals surface area contributed by atoms with E-state index in [1.165, 1.54) is 6.07 Å². The summed E-state index contributed by atoms with van der Waals surface area (Å²) in [6.07, 6.45) is 1.75. The van der Waals surface area contributed by atoms with Crippen LogP contribution in [-0.2, 0) is 11.2 Å². The van der Waals surface area contributed by atoms with Crippen molar-refractivity contribution in [3.05, 3.63) is 34.6 Å². The second-order valence-electron chi connectivity index (χ2n) is 4.74. The first-order valence-corrected chi connectivity index (χ1v) is 6.25. The molecule has 0 amide bonds. The molecule has 0 radical (unpaired) electrons. The van der Waals surface area contributed by atoms with Gasteiger partial charge in [-0.25, -0.2) is 4.39 Å². The number of rotatable bonds is 3. The van der Waals surface area contributed by atoms with Gasteiger partial charge in [-0.05, 0) is 37.5 Å². The fourth-order valence-electron chi connectivity index (χ4n) is 2.26. The summed E-state index contributed by atoms with van der Waals surface area (Å²) < 4.78 is 19.1. The van der Waals surface area contributed by atoms with Crippen LogP contribution in [0, 0.1) is 11.7 Å². The van der Waals surface area contributed by atoms with Gasteiger partial charge in [0.15, 0.2) is 0 Å². The van der Waals surface area contributed by atoms with Crippen molar-refractivity contribution in [2.24, 2.45) is 11.7 Å². The third-order valence-corrected chi connectivity index (χ3v) is 3.54. The molecule has 1 saturated heterocycles. The van der Waals surface area contributed by atoms with Crippen LogP contribution >= 0.6 is 11.6 Å². The van der Waals surface area contributed by atoms with E-state index in [4.69, 9.17) is 22.1 Å². The SMILES string of the molecule is CC1CC(C(N)Cc2ccc(Cl)cc2F)CO1. The van der Waals surface area contributed by atoms with Crippen LogP contribution in [0.15, 0.2) is 18.2 Å². The molecule has 1 aliphatic rings. The van der Waals surface area contributed by atoms with Gasteiger partial charge in [-0.15, -0.1) is 0 Å². The predicted octanol–water partition coefficient (Wildman–Crippen LogP) is 2.77. The van der Waals surface area contributed by atoms with Gasteiger partial charge in [0.2, 0.25) is 0 Å². The first kappa shape index (κ1) is 12.8. The number of benzene rings is 1. The summed E-state index contributed by atoms with van der Waals surface area (Å²) >= 11 is 5.71. The van der Waals surface area contributed by atoms with E-state index >= 15 is 0 Å². The molecule has 3 atom stereocenters. The molecule has 2 nitrogen and oxygen atoms in total. The van der Waals surface area contributed by atoms with Crippen LogP contribution in [0.2, 0.25) is 5.02 Å². The average molecular weight is 258 g/mol. The topological polar surface area (TPSA) is 35.2 Å². The highest BCUT2D eigenvalue weighted by Crippen LogP contribution is 2.24. The second kappa shape index (κ2) is 5.34. The van der Waals surface area contributed by atoms with Crippen molar-refractivity contribution in [3.63, 3.8) is 0 Å². The average Bonchev–Trinajstić information content (AvgIpc) is 2.69. The maximum absolute atomic E-state index is 13.6. The van der Waals surface area contributed by atoms with Gasteiger partial charge in [-0.3, -0.25) is 0 Å². The Morgan fingerprint density at radius 1 is 1.59 bits per heavy atom. The van der Waals surface area contributed by atoms with Crippen molar-refractivity contribution in [1.29, 1.82) is 0 Å². The minimum Gasteiger partial charge on any atom is -0.378 e. The van der Waals surface area contributed by atoms with E-state index in [2.05, 4.69) is 0 Å². The molecule has 3 unspecified atom stereocenters. The molecule has 0 bridgehead atoms. The summed E-state index contributed by atoms with van der Waals surface area (Å²) in [4.78, 5) is 0. The standard InChI is InChI=1S/C13H17ClFNO/c1-8-4-10(7-17-8)13(16)5-9-2-3-11(14)6-12(9)15/h2-3,6,8,10,13H,4-5,7,16H2,1H3. The lowest BCUT2D eigenvalue weighted by molar-refractivity contribution is 0.118. The third kappa shape index (κ3) is 3.18. The van der Waals surface area contributed by atoms with Crippen LogP contribution in [0.3, 0.4) is 0 Å². The second-order valence-corrected chi connectivity index (χ2v) is 5.18. The number of ether oxygens (including phenoxy) is 1. The highest BCUT2D eigenvalue weighted by atomic mass is 35.5. The summed E-state index contributed by atoms with van der Waals surface area (Å²) in [7, 11) is 0. The highest BCUT2D eigenvalue weighted by molar-refractivity contribution is 6.30. The predicted molar refractivity (Wildman–Crippen MR) is 66.6 cm³/mol. The van der Waals surface area contributed by atoms with Crippen molar-refractivity contribution >= 4 is 11.6 Å². The van der Waals surface area contributed by atoms with Gasteiger partial charge >= 0.3 is 0 Å². The Morgan fingerprint density at radius 2 is 2.35 bits per heavy atom. The van der Waals surface area contributed by atoms with Crippen LogP contribution < -0.4 is 5.73 Å². The monoisotopic (exact) mass is 257 g/mol. The minimum atomic E-state index is -0.278. The minimum absolute atomic E-state index is 0.0596. The Bertz CT molecular complexity index is 399. The molecule has 1 heterocycles. The summed E-state index contributed by atoms with van der Waals surface area (Å²) in [5.74, 6) is 0.0417. The van der Waals surface area contributed by atoms with Gasteiger partial charge < -0.3 is 10.5 Å². The van der Waals surface area contributed by atoms with Crippen molar-refractivity contribution in [1.82, 2.24) is 0 Å². The maximum Gasteiger partial charge on any atom is 0.127 e. The zero-order chi connectivity index (χ0) is 12.4. The van der Waals surface area contributed by atoms with Crippen molar-refractivity contribution in [3.8, 4) is 0 Å². The van der Waals surface area contributed by atoms with Gasteiger partial charge in [0.1, 0.15) is 5.82 Å². The molecule has 0 spiro atoms. The van der Waals surface area contributed by atoms with E-state index in [1.807, 2.05) is 6.92 Å². The maximum atomic E-state index is 13.6. The summed E-state index contributed by atoms with van der Waals surface area (Å²) in [5.41, 5.74) is 6.73. The first-order valence-electron chi connectivity index (χ1n) is 5.87. The first-order chi connectivity index (χ1) is 8.06. The van der Waals surface area contributed by atoms with Gasteiger partial charge in [0, 0.05) is 17.0 Å². The normalized spacial score (nSPS) is 26.1. The molecule has 2 rings (SSSR count). The van der Waals surface area contributed by atoms with E-state index in [0.717, 1.165) is 6.42 Å². The number of hydrogen-bond donors (Lipinski definition) is 1. The van der Waals surface area contributed by atoms with Gasteiger partial charge in [0.05, 0.1) is 12.7 Å². The molecule has 1 aromatic rings. The Hall–Kier alpha value is -0.640. The molecule has 1 aliphatic heterocycles. The summed E-state index contributed by atoms with van der Waals surface area (Å²) in [6, 6.07) is 4.67. The smallest absolute Gasteiger partial charge is 0.127 e. The Balaban J connectivity index is 2.00. The van der Waals surface area contributed by atoms with Crippen LogP contribution in [0.5, 0.6) is 0 Å². The van der Waals surface area contributed by atoms with E-state index in [0.29, 0.717) is 29.5 Å². The molecule has 94 valence electrons. The zero-order valence-electron chi connectivity index (χ0n) is 9.83. The zero-order valence-corrected chi connectivity index (χ0v) is 10.6. The van der Waals surface area contributed by atoms with Gasteiger partial charge in [-0.1, -0.05) is 17.7 Å². The Morgan fingerprint density at radius 3 is 2.94 bits per heavy atom. The van der Waals surface area contributed by atoms with E-state index in [-0.39, 0.29) is 18.0 Å². The van der Waals surface area contributed by atoms with E-state index in [1.54, 1.807) is 12.1 Å². The lowest BCUT2D eigenvalue weighted by Gasteiger charge is -2.18. The highest BCUT2D eigenvalue weighted by Gasteiger charge is 2.27. The van der Waals surface area contributed by atoms with Crippen LogP contribution in [0.4, 0.5) is 4.39 Å². The van der Waals surface area contributed by atoms with Crippen molar-refractivity contribution in [2.75, 3.05) is 6.61 Å². The fraction of sp³-hybridized carbons (Fsp3) is 0.538. The summed E-state index contributed by atoms with van der Waals surface area (Å²) in [6.45, 7) is 2.72. The van der Waals surface area contributed by atoms with Crippen LogP contribution in [0.25, 0.3) is 0 Å². The van der Waals surface area contributed by atoms with Crippen LogP contribution in [-0.4, -0.2) is 18.8 Å². The van der Waals surface area contributed by atoms with Gasteiger partial charge in [0.25, 0.3) is 0 Å². The molecule has 2 N–H and O–H groups in total. The third-order valence-electron chi connectivity index (χ3n) is 3.31. The molecule has 0 aromatic heterocycles. The fourth-order valence-corrected chi connectivity index (χ4v) is 2.42. The molecular formula is C13H17ClFNO. The molecule has 1 aromatic carbocycles. The number of nitrogens with two attached hydrogens (primary N) is 1. The molecule has 1 fully saturated rings. The van der Waals surface area contributed by atoms with E-state index < -0.39 is 0 Å². The van der Waals surface area contributed by atoms with Crippen molar-refractivity contribution in [2.45, 2.75) is 31.9 Å². The van der Waals surface area contributed by atoms with E-state index in [9.17, 15) is 4.39 Å². The lowest BCUT2D eigenvalue weighted by Crippen LogP contribution is -2.33. The molecule has 0 saturated carbocycles. The van der Waals surface area contributed by atoms with Crippen molar-refractivity contribution < 1.29 is 9.13 Å². The molecule has 17 heavy (non-hydrogen) atoms. The number of hydrogen-bond acceptors (Lipinski definition) is 2. The summed E-state index contributed by atoms with van der Waals surface area (Å²) in [5, 5.41) is 0.414. The molecular weight excluding hydrogens is 241 g/mol. The van der Waals surface area contributed by atoms with Gasteiger partial charge in [-0.2, -0.15) is 0 Å². The Labute approximate surface area is 106 Å². The Kier molecular flexibility index (Phi) is 4.02. The largest absolute Gasteiger partial charge is 0.378 e. The lowest BCUT2D eigenvalue weighted by atomic mass is 9.92.